The Morgan fingerprint density at radius 2 is 2.04 bits per heavy atom. The summed E-state index contributed by atoms with van der Waals surface area (Å²) in [6.07, 6.45) is 1.29. The second-order valence-corrected chi connectivity index (χ2v) is 6.96. The molecule has 6 heteroatoms. The lowest BCUT2D eigenvalue weighted by Crippen LogP contribution is -2.48. The van der Waals surface area contributed by atoms with Crippen LogP contribution in [-0.4, -0.2) is 40.0 Å². The van der Waals surface area contributed by atoms with Crippen molar-refractivity contribution in [3.05, 3.63) is 41.4 Å². The minimum atomic E-state index is -0.869. The monoisotopic (exact) mass is 330 g/mol. The number of amides is 1. The molecule has 0 saturated carbocycles. The number of aliphatic carboxylic acids is 1. The lowest BCUT2D eigenvalue weighted by Gasteiger charge is -2.37. The van der Waals surface area contributed by atoms with Crippen LogP contribution in [0.3, 0.4) is 0 Å². The van der Waals surface area contributed by atoms with Gasteiger partial charge in [0.15, 0.2) is 0 Å². The maximum Gasteiger partial charge on any atom is 0.311 e. The maximum absolute atomic E-state index is 12.6. The Balaban J connectivity index is 1.79. The molecule has 1 aromatic heterocycles. The van der Waals surface area contributed by atoms with Crippen LogP contribution in [0.5, 0.6) is 0 Å². The summed E-state index contributed by atoms with van der Waals surface area (Å²) in [7, 11) is 0. The van der Waals surface area contributed by atoms with Gasteiger partial charge in [0.1, 0.15) is 10.7 Å². The molecule has 0 spiro atoms. The minimum absolute atomic E-state index is 0.185. The Hall–Kier alpha value is -2.21. The SMILES string of the molecule is CC1(C(=O)O)CCCN(C(=O)c2csc(-c3ccccc3)n2)C1. The Bertz CT molecular complexity index is 728. The molecule has 5 nitrogen and oxygen atoms in total. The number of thiazole rings is 1. The summed E-state index contributed by atoms with van der Waals surface area (Å²) in [4.78, 5) is 30.1. The van der Waals surface area contributed by atoms with Crippen LogP contribution in [0, 0.1) is 5.41 Å². The van der Waals surface area contributed by atoms with E-state index in [1.807, 2.05) is 30.3 Å². The van der Waals surface area contributed by atoms with E-state index in [0.717, 1.165) is 10.6 Å². The van der Waals surface area contributed by atoms with Crippen molar-refractivity contribution in [3.8, 4) is 10.6 Å². The van der Waals surface area contributed by atoms with Crippen molar-refractivity contribution in [1.82, 2.24) is 9.88 Å². The average molecular weight is 330 g/mol. The number of rotatable bonds is 3. The summed E-state index contributed by atoms with van der Waals surface area (Å²) in [5.41, 5.74) is 0.501. The lowest BCUT2D eigenvalue weighted by molar-refractivity contribution is -0.150. The maximum atomic E-state index is 12.6. The van der Waals surface area contributed by atoms with Gasteiger partial charge in [0, 0.05) is 24.0 Å². The van der Waals surface area contributed by atoms with Gasteiger partial charge in [-0.25, -0.2) is 4.98 Å². The molecule has 1 saturated heterocycles. The smallest absolute Gasteiger partial charge is 0.311 e. The number of carboxylic acid groups (broad SMARTS) is 1. The highest BCUT2D eigenvalue weighted by Gasteiger charge is 2.39. The number of hydrogen-bond donors (Lipinski definition) is 1. The number of likely N-dealkylation sites (tertiary alicyclic amines) is 1. The van der Waals surface area contributed by atoms with E-state index in [-0.39, 0.29) is 12.5 Å². The van der Waals surface area contributed by atoms with E-state index >= 15 is 0 Å². The standard InChI is InChI=1S/C17H18N2O3S/c1-17(16(21)22)8-5-9-19(11-17)15(20)13-10-23-14(18-13)12-6-3-2-4-7-12/h2-4,6-7,10H,5,8-9,11H2,1H3,(H,21,22). The average Bonchev–Trinajstić information content (AvgIpc) is 3.05. The number of carboxylic acids is 1. The van der Waals surface area contributed by atoms with Crippen LogP contribution in [0.25, 0.3) is 10.6 Å². The normalized spacial score (nSPS) is 21.2. The van der Waals surface area contributed by atoms with E-state index in [4.69, 9.17) is 0 Å². The molecule has 1 fully saturated rings. The molecule has 1 amide bonds. The molecular formula is C17H18N2O3S. The fraction of sp³-hybridized carbons (Fsp3) is 0.353. The summed E-state index contributed by atoms with van der Waals surface area (Å²) >= 11 is 1.43. The molecular weight excluding hydrogens is 312 g/mol. The van der Waals surface area contributed by atoms with Gasteiger partial charge in [0.05, 0.1) is 5.41 Å². The van der Waals surface area contributed by atoms with Crippen molar-refractivity contribution >= 4 is 23.2 Å². The zero-order valence-corrected chi connectivity index (χ0v) is 13.7. The van der Waals surface area contributed by atoms with Gasteiger partial charge in [-0.1, -0.05) is 30.3 Å². The molecule has 2 aromatic rings. The van der Waals surface area contributed by atoms with Crippen LogP contribution in [0.1, 0.15) is 30.3 Å². The molecule has 1 unspecified atom stereocenters. The van der Waals surface area contributed by atoms with Gasteiger partial charge in [0.2, 0.25) is 0 Å². The van der Waals surface area contributed by atoms with Crippen LogP contribution in [0.4, 0.5) is 0 Å². The Morgan fingerprint density at radius 3 is 2.74 bits per heavy atom. The van der Waals surface area contributed by atoms with Crippen molar-refractivity contribution in [2.24, 2.45) is 5.41 Å². The highest BCUT2D eigenvalue weighted by Crippen LogP contribution is 2.31. The number of benzene rings is 1. The quantitative estimate of drug-likeness (QED) is 0.938. The fourth-order valence-electron chi connectivity index (χ4n) is 2.83. The lowest BCUT2D eigenvalue weighted by atomic mass is 9.82. The molecule has 3 rings (SSSR count). The molecule has 0 bridgehead atoms. The van der Waals surface area contributed by atoms with Crippen molar-refractivity contribution in [3.63, 3.8) is 0 Å². The highest BCUT2D eigenvalue weighted by molar-refractivity contribution is 7.13. The van der Waals surface area contributed by atoms with Gasteiger partial charge >= 0.3 is 5.97 Å². The second-order valence-electron chi connectivity index (χ2n) is 6.10. The third kappa shape index (κ3) is 3.12. The van der Waals surface area contributed by atoms with Crippen LogP contribution >= 0.6 is 11.3 Å². The van der Waals surface area contributed by atoms with Crippen LogP contribution in [-0.2, 0) is 4.79 Å². The first-order chi connectivity index (χ1) is 11.0. The van der Waals surface area contributed by atoms with Gasteiger partial charge in [-0.3, -0.25) is 9.59 Å². The van der Waals surface area contributed by atoms with Gasteiger partial charge in [-0.15, -0.1) is 11.3 Å². The second kappa shape index (κ2) is 6.12. The summed E-state index contributed by atoms with van der Waals surface area (Å²) < 4.78 is 0. The molecule has 1 aromatic carbocycles. The van der Waals surface area contributed by atoms with E-state index < -0.39 is 11.4 Å². The Kier molecular flexibility index (Phi) is 4.17. The molecule has 120 valence electrons. The van der Waals surface area contributed by atoms with Crippen molar-refractivity contribution < 1.29 is 14.7 Å². The number of hydrogen-bond acceptors (Lipinski definition) is 4. The van der Waals surface area contributed by atoms with Crippen LogP contribution < -0.4 is 0 Å². The molecule has 1 aliphatic rings. The van der Waals surface area contributed by atoms with Gasteiger partial charge < -0.3 is 10.0 Å². The summed E-state index contributed by atoms with van der Waals surface area (Å²) in [6.45, 7) is 2.52. The number of aromatic nitrogens is 1. The molecule has 0 radical (unpaired) electrons. The third-order valence-electron chi connectivity index (χ3n) is 4.24. The first-order valence-electron chi connectivity index (χ1n) is 7.53. The molecule has 0 aliphatic carbocycles. The predicted octanol–water partition coefficient (Wildman–Crippen LogP) is 3.14. The van der Waals surface area contributed by atoms with Crippen molar-refractivity contribution in [1.29, 1.82) is 0 Å². The Morgan fingerprint density at radius 1 is 1.30 bits per heavy atom. The minimum Gasteiger partial charge on any atom is -0.481 e. The third-order valence-corrected chi connectivity index (χ3v) is 5.14. The van der Waals surface area contributed by atoms with E-state index in [1.165, 1.54) is 11.3 Å². The number of piperidine rings is 1. The van der Waals surface area contributed by atoms with Crippen LogP contribution in [0.2, 0.25) is 0 Å². The van der Waals surface area contributed by atoms with Gasteiger partial charge in [-0.2, -0.15) is 0 Å². The molecule has 1 N–H and O–H groups in total. The predicted molar refractivity (Wildman–Crippen MR) is 88.4 cm³/mol. The number of nitrogens with zero attached hydrogens (tertiary/aromatic N) is 2. The van der Waals surface area contributed by atoms with E-state index in [0.29, 0.717) is 25.1 Å². The van der Waals surface area contributed by atoms with Gasteiger partial charge in [-0.05, 0) is 19.8 Å². The summed E-state index contributed by atoms with van der Waals surface area (Å²) in [5.74, 6) is -1.03. The molecule has 23 heavy (non-hydrogen) atoms. The largest absolute Gasteiger partial charge is 0.481 e. The topological polar surface area (TPSA) is 70.5 Å². The summed E-state index contributed by atoms with van der Waals surface area (Å²) in [6, 6.07) is 9.71. The fourth-order valence-corrected chi connectivity index (χ4v) is 3.63. The van der Waals surface area contributed by atoms with Crippen molar-refractivity contribution in [2.45, 2.75) is 19.8 Å². The van der Waals surface area contributed by atoms with Crippen molar-refractivity contribution in [2.75, 3.05) is 13.1 Å². The first-order valence-corrected chi connectivity index (χ1v) is 8.41. The zero-order valence-electron chi connectivity index (χ0n) is 12.9. The highest BCUT2D eigenvalue weighted by atomic mass is 32.1. The molecule has 1 aliphatic heterocycles. The number of carbonyl (C=O) groups is 2. The molecule has 2 heterocycles. The zero-order chi connectivity index (χ0) is 16.4. The Labute approximate surface area is 138 Å². The molecule has 1 atom stereocenters. The van der Waals surface area contributed by atoms with Crippen LogP contribution in [0.15, 0.2) is 35.7 Å². The van der Waals surface area contributed by atoms with E-state index in [1.54, 1.807) is 17.2 Å². The number of carbonyl (C=O) groups excluding carboxylic acids is 1. The first kappa shape index (κ1) is 15.7. The summed E-state index contributed by atoms with van der Waals surface area (Å²) in [5, 5.41) is 11.9. The van der Waals surface area contributed by atoms with Gasteiger partial charge in [0.25, 0.3) is 5.91 Å². The van der Waals surface area contributed by atoms with E-state index in [2.05, 4.69) is 4.98 Å². The van der Waals surface area contributed by atoms with E-state index in [9.17, 15) is 14.7 Å².